The van der Waals surface area contributed by atoms with Gasteiger partial charge in [-0.15, -0.1) is 0 Å². The second-order valence-corrected chi connectivity index (χ2v) is 7.66. The van der Waals surface area contributed by atoms with Crippen LogP contribution in [0.3, 0.4) is 0 Å². The minimum absolute atomic E-state index is 0.276. The summed E-state index contributed by atoms with van der Waals surface area (Å²) in [6.07, 6.45) is 7.79. The largest absolute Gasteiger partial charge is 0.346 e. The molecule has 144 valence electrons. The van der Waals surface area contributed by atoms with E-state index in [0.717, 1.165) is 31.7 Å². The molecular weight excluding hydrogens is 343 g/mol. The van der Waals surface area contributed by atoms with E-state index in [1.807, 2.05) is 0 Å². The van der Waals surface area contributed by atoms with Crippen molar-refractivity contribution in [2.75, 3.05) is 6.54 Å². The van der Waals surface area contributed by atoms with Crippen molar-refractivity contribution in [3.05, 3.63) is 53.1 Å². The van der Waals surface area contributed by atoms with Crippen LogP contribution in [0, 0.1) is 5.82 Å². The number of halogens is 1. The fourth-order valence-corrected chi connectivity index (χ4v) is 4.29. The zero-order valence-electron chi connectivity index (χ0n) is 15.7. The van der Waals surface area contributed by atoms with Crippen LogP contribution in [0.4, 0.5) is 4.39 Å². The molecule has 1 amide bonds. The third kappa shape index (κ3) is 4.38. The first-order chi connectivity index (χ1) is 13.2. The number of fused-ring (bicyclic) bond motifs is 1. The number of aromatic nitrogens is 2. The van der Waals surface area contributed by atoms with Gasteiger partial charge < -0.3 is 5.32 Å². The summed E-state index contributed by atoms with van der Waals surface area (Å²) in [6.45, 7) is 3.37. The van der Waals surface area contributed by atoms with Crippen molar-refractivity contribution in [1.29, 1.82) is 0 Å². The number of nitrogens with zero attached hydrogens (tertiary/aromatic N) is 3. The molecule has 1 aliphatic heterocycles. The van der Waals surface area contributed by atoms with E-state index in [1.54, 1.807) is 12.1 Å². The van der Waals surface area contributed by atoms with Gasteiger partial charge in [0.2, 0.25) is 0 Å². The molecule has 2 aliphatic rings. The van der Waals surface area contributed by atoms with Gasteiger partial charge in [0.25, 0.3) is 5.91 Å². The van der Waals surface area contributed by atoms with Gasteiger partial charge in [-0.3, -0.25) is 14.4 Å². The third-order valence-corrected chi connectivity index (χ3v) is 5.70. The summed E-state index contributed by atoms with van der Waals surface area (Å²) in [4.78, 5) is 14.8. The molecule has 4 rings (SSSR count). The average molecular weight is 370 g/mol. The Bertz CT molecular complexity index is 797. The van der Waals surface area contributed by atoms with Crippen LogP contribution in [0.25, 0.3) is 0 Å². The summed E-state index contributed by atoms with van der Waals surface area (Å²) in [5.74, 6) is -0.680. The van der Waals surface area contributed by atoms with Gasteiger partial charge in [0, 0.05) is 31.2 Å². The van der Waals surface area contributed by atoms with E-state index in [-0.39, 0.29) is 5.91 Å². The molecule has 0 unspecified atom stereocenters. The number of rotatable bonds is 4. The highest BCUT2D eigenvalue weighted by Crippen LogP contribution is 2.26. The van der Waals surface area contributed by atoms with Crippen LogP contribution >= 0.6 is 0 Å². The predicted octanol–water partition coefficient (Wildman–Crippen LogP) is 3.49. The quantitative estimate of drug-likeness (QED) is 0.896. The molecule has 1 saturated carbocycles. The molecule has 0 spiro atoms. The van der Waals surface area contributed by atoms with Crippen molar-refractivity contribution in [3.63, 3.8) is 0 Å². The number of benzene rings is 1. The van der Waals surface area contributed by atoms with Gasteiger partial charge in [-0.05, 0) is 43.5 Å². The van der Waals surface area contributed by atoms with Gasteiger partial charge in [0.15, 0.2) is 0 Å². The minimum Gasteiger partial charge on any atom is -0.346 e. The summed E-state index contributed by atoms with van der Waals surface area (Å²) in [7, 11) is 0. The fourth-order valence-electron chi connectivity index (χ4n) is 4.29. The van der Waals surface area contributed by atoms with Gasteiger partial charge in [0.1, 0.15) is 5.82 Å². The maximum absolute atomic E-state index is 13.3. The van der Waals surface area contributed by atoms with E-state index in [1.165, 1.54) is 49.9 Å². The van der Waals surface area contributed by atoms with E-state index >= 15 is 0 Å². The molecule has 2 heterocycles. The van der Waals surface area contributed by atoms with Gasteiger partial charge in [0.05, 0.1) is 17.9 Å². The number of aryl methyl sites for hydroxylation is 1. The molecule has 1 aliphatic carbocycles. The summed E-state index contributed by atoms with van der Waals surface area (Å²) >= 11 is 0. The number of carbonyl (C=O) groups is 1. The standard InChI is InChI=1S/C21H27FN4O/c22-17-7-4-6-16(12-17)21(27)23-14-18-13-20-15-25(10-5-11-26(20)24-18)19-8-2-1-3-9-19/h4,6-7,12-13,19H,1-3,5,8-11,14-15H2,(H,23,27). The lowest BCUT2D eigenvalue weighted by atomic mass is 9.94. The molecule has 1 aromatic carbocycles. The van der Waals surface area contributed by atoms with Crippen LogP contribution in [0.5, 0.6) is 0 Å². The van der Waals surface area contributed by atoms with Crippen LogP contribution in [0.15, 0.2) is 30.3 Å². The van der Waals surface area contributed by atoms with E-state index in [0.29, 0.717) is 18.2 Å². The van der Waals surface area contributed by atoms with Gasteiger partial charge in [-0.25, -0.2) is 4.39 Å². The Balaban J connectivity index is 1.39. The van der Waals surface area contributed by atoms with Gasteiger partial charge >= 0.3 is 0 Å². The van der Waals surface area contributed by atoms with Crippen molar-refractivity contribution in [1.82, 2.24) is 20.0 Å². The Morgan fingerprint density at radius 2 is 2.00 bits per heavy atom. The smallest absolute Gasteiger partial charge is 0.251 e. The van der Waals surface area contributed by atoms with E-state index in [9.17, 15) is 9.18 Å². The Hall–Kier alpha value is -2.21. The normalized spacial score (nSPS) is 18.7. The number of amides is 1. The first-order valence-electron chi connectivity index (χ1n) is 10.0. The van der Waals surface area contributed by atoms with Gasteiger partial charge in [-0.2, -0.15) is 5.10 Å². The van der Waals surface area contributed by atoms with Crippen LogP contribution in [-0.2, 0) is 19.6 Å². The van der Waals surface area contributed by atoms with Crippen LogP contribution in [0.2, 0.25) is 0 Å². The first kappa shape index (κ1) is 18.2. The molecule has 2 aromatic rings. The predicted molar refractivity (Wildman–Crippen MR) is 102 cm³/mol. The molecule has 1 fully saturated rings. The highest BCUT2D eigenvalue weighted by atomic mass is 19.1. The Kier molecular flexibility index (Phi) is 5.53. The summed E-state index contributed by atoms with van der Waals surface area (Å²) in [5, 5.41) is 7.52. The highest BCUT2D eigenvalue weighted by Gasteiger charge is 2.24. The van der Waals surface area contributed by atoms with E-state index in [2.05, 4.69) is 26.1 Å². The number of hydrogen-bond acceptors (Lipinski definition) is 3. The molecule has 27 heavy (non-hydrogen) atoms. The van der Waals surface area contributed by atoms with Crippen LogP contribution in [-0.4, -0.2) is 33.2 Å². The van der Waals surface area contributed by atoms with Crippen LogP contribution in [0.1, 0.15) is 60.3 Å². The maximum atomic E-state index is 13.3. The minimum atomic E-state index is -0.404. The number of nitrogens with one attached hydrogen (secondary N) is 1. The average Bonchev–Trinajstić information content (AvgIpc) is 2.97. The number of hydrogen-bond donors (Lipinski definition) is 1. The zero-order valence-corrected chi connectivity index (χ0v) is 15.7. The second-order valence-electron chi connectivity index (χ2n) is 7.66. The van der Waals surface area contributed by atoms with Crippen molar-refractivity contribution < 1.29 is 9.18 Å². The molecule has 6 heteroatoms. The van der Waals surface area contributed by atoms with Crippen LogP contribution < -0.4 is 5.32 Å². The second kappa shape index (κ2) is 8.21. The lowest BCUT2D eigenvalue weighted by molar-refractivity contribution is 0.0950. The topological polar surface area (TPSA) is 50.2 Å². The Morgan fingerprint density at radius 3 is 2.81 bits per heavy atom. The van der Waals surface area contributed by atoms with Gasteiger partial charge in [-0.1, -0.05) is 25.3 Å². The maximum Gasteiger partial charge on any atom is 0.251 e. The van der Waals surface area contributed by atoms with Crippen molar-refractivity contribution in [2.45, 2.75) is 64.2 Å². The van der Waals surface area contributed by atoms with Crippen molar-refractivity contribution in [2.24, 2.45) is 0 Å². The Labute approximate surface area is 159 Å². The number of carbonyl (C=O) groups excluding carboxylic acids is 1. The first-order valence-corrected chi connectivity index (χ1v) is 10.0. The zero-order chi connectivity index (χ0) is 18.6. The van der Waals surface area contributed by atoms with E-state index < -0.39 is 5.82 Å². The summed E-state index contributed by atoms with van der Waals surface area (Å²) in [5.41, 5.74) is 2.42. The molecule has 0 radical (unpaired) electrons. The molecule has 1 aromatic heterocycles. The van der Waals surface area contributed by atoms with Crippen molar-refractivity contribution >= 4 is 5.91 Å². The summed E-state index contributed by atoms with van der Waals surface area (Å²) < 4.78 is 15.4. The summed E-state index contributed by atoms with van der Waals surface area (Å²) in [6, 6.07) is 8.55. The Morgan fingerprint density at radius 1 is 1.15 bits per heavy atom. The molecular formula is C21H27FN4O. The fraction of sp³-hybridized carbons (Fsp3) is 0.524. The molecule has 0 atom stereocenters. The molecule has 1 N–H and O–H groups in total. The lowest BCUT2D eigenvalue weighted by Crippen LogP contribution is -2.36. The monoisotopic (exact) mass is 370 g/mol. The molecule has 0 bridgehead atoms. The molecule has 0 saturated heterocycles. The lowest BCUT2D eigenvalue weighted by Gasteiger charge is -2.33. The molecule has 5 nitrogen and oxygen atoms in total. The third-order valence-electron chi connectivity index (χ3n) is 5.70. The highest BCUT2D eigenvalue weighted by molar-refractivity contribution is 5.94. The van der Waals surface area contributed by atoms with Crippen molar-refractivity contribution in [3.8, 4) is 0 Å². The van der Waals surface area contributed by atoms with E-state index in [4.69, 9.17) is 0 Å². The SMILES string of the molecule is O=C(NCc1cc2n(n1)CCCN(C1CCCCC1)C2)c1cccc(F)c1.